The van der Waals surface area contributed by atoms with Gasteiger partial charge in [0, 0.05) is 5.56 Å². The fourth-order valence-corrected chi connectivity index (χ4v) is 1.56. The Hall–Kier alpha value is -1.81. The average Bonchev–Trinajstić information content (AvgIpc) is 2.30. The van der Waals surface area contributed by atoms with Gasteiger partial charge < -0.3 is 5.32 Å². The van der Waals surface area contributed by atoms with Gasteiger partial charge in [-0.05, 0) is 19.5 Å². The summed E-state index contributed by atoms with van der Waals surface area (Å²) in [6, 6.07) is 8.13. The summed E-state index contributed by atoms with van der Waals surface area (Å²) in [5, 5.41) is 10.9. The maximum Gasteiger partial charge on any atom is 0.165 e. The van der Waals surface area contributed by atoms with Crippen molar-refractivity contribution in [3.8, 4) is 11.3 Å². The minimum atomic E-state index is 0.632. The average molecular weight is 214 g/mol. The van der Waals surface area contributed by atoms with Crippen molar-refractivity contribution in [2.24, 2.45) is 0 Å². The number of benzene rings is 1. The van der Waals surface area contributed by atoms with Crippen molar-refractivity contribution in [3.05, 3.63) is 41.9 Å². The molecule has 0 unspecified atom stereocenters. The highest BCUT2D eigenvalue weighted by atomic mass is 15.2. The second-order valence-corrected chi connectivity index (χ2v) is 3.60. The number of aromatic nitrogens is 3. The van der Waals surface area contributed by atoms with E-state index >= 15 is 0 Å². The lowest BCUT2D eigenvalue weighted by molar-refractivity contribution is 0.731. The van der Waals surface area contributed by atoms with Gasteiger partial charge in [0.1, 0.15) is 0 Å². The molecule has 0 bridgehead atoms. The zero-order valence-corrected chi connectivity index (χ0v) is 9.44. The van der Waals surface area contributed by atoms with Gasteiger partial charge in [0.2, 0.25) is 0 Å². The lowest BCUT2D eigenvalue weighted by atomic mass is 10.1. The van der Waals surface area contributed by atoms with Crippen LogP contribution in [0.25, 0.3) is 11.3 Å². The van der Waals surface area contributed by atoms with Gasteiger partial charge in [0.15, 0.2) is 5.82 Å². The van der Waals surface area contributed by atoms with Crippen LogP contribution in [0.3, 0.4) is 0 Å². The summed E-state index contributed by atoms with van der Waals surface area (Å²) >= 11 is 0. The third kappa shape index (κ3) is 2.23. The molecule has 0 fully saturated rings. The second-order valence-electron chi connectivity index (χ2n) is 3.60. The molecule has 0 aliphatic carbocycles. The third-order valence-corrected chi connectivity index (χ3v) is 2.36. The monoisotopic (exact) mass is 214 g/mol. The number of hydrogen-bond acceptors (Lipinski definition) is 4. The molecule has 0 atom stereocenters. The third-order valence-electron chi connectivity index (χ3n) is 2.36. The van der Waals surface area contributed by atoms with Gasteiger partial charge in [-0.2, -0.15) is 5.10 Å². The summed E-state index contributed by atoms with van der Waals surface area (Å²) < 4.78 is 0. The lowest BCUT2D eigenvalue weighted by Crippen LogP contribution is -2.10. The zero-order valence-electron chi connectivity index (χ0n) is 9.44. The first kappa shape index (κ1) is 10.7. The number of nitrogens with zero attached hydrogens (tertiary/aromatic N) is 3. The Kier molecular flexibility index (Phi) is 3.22. The molecule has 0 aliphatic rings. The highest BCUT2D eigenvalue weighted by Crippen LogP contribution is 2.19. The van der Waals surface area contributed by atoms with E-state index in [9.17, 15) is 0 Å². The topological polar surface area (TPSA) is 50.7 Å². The van der Waals surface area contributed by atoms with Crippen LogP contribution in [0.2, 0.25) is 0 Å². The van der Waals surface area contributed by atoms with Crippen molar-refractivity contribution in [1.29, 1.82) is 0 Å². The Morgan fingerprint density at radius 3 is 2.81 bits per heavy atom. The maximum absolute atomic E-state index is 4.46. The maximum atomic E-state index is 4.46. The van der Waals surface area contributed by atoms with Crippen molar-refractivity contribution in [1.82, 2.24) is 20.5 Å². The summed E-state index contributed by atoms with van der Waals surface area (Å²) in [4.78, 5) is 4.46. The quantitative estimate of drug-likeness (QED) is 0.842. The highest BCUT2D eigenvalue weighted by Gasteiger charge is 2.04. The van der Waals surface area contributed by atoms with E-state index in [-0.39, 0.29) is 0 Å². The van der Waals surface area contributed by atoms with Crippen LogP contribution in [0, 0.1) is 6.92 Å². The summed E-state index contributed by atoms with van der Waals surface area (Å²) in [6.07, 6.45) is 1.70. The molecule has 1 aromatic heterocycles. The first-order chi connectivity index (χ1) is 7.81. The number of rotatable bonds is 3. The van der Waals surface area contributed by atoms with Crippen LogP contribution in [0.4, 0.5) is 0 Å². The molecule has 4 nitrogen and oxygen atoms in total. The molecule has 82 valence electrons. The van der Waals surface area contributed by atoms with Crippen molar-refractivity contribution < 1.29 is 0 Å². The van der Waals surface area contributed by atoms with Crippen molar-refractivity contribution >= 4 is 0 Å². The predicted molar refractivity (Wildman–Crippen MR) is 62.8 cm³/mol. The van der Waals surface area contributed by atoms with Gasteiger partial charge >= 0.3 is 0 Å². The summed E-state index contributed by atoms with van der Waals surface area (Å²) in [7, 11) is 1.86. The number of nitrogens with one attached hydrogen (secondary N) is 1. The Balaban J connectivity index is 2.40. The van der Waals surface area contributed by atoms with Gasteiger partial charge in [-0.1, -0.05) is 24.3 Å². The van der Waals surface area contributed by atoms with Crippen LogP contribution in [-0.2, 0) is 6.54 Å². The molecule has 1 aromatic carbocycles. The van der Waals surface area contributed by atoms with Crippen LogP contribution >= 0.6 is 0 Å². The smallest absolute Gasteiger partial charge is 0.165 e. The molecule has 0 aliphatic heterocycles. The van der Waals surface area contributed by atoms with E-state index in [0.717, 1.165) is 11.3 Å². The van der Waals surface area contributed by atoms with Gasteiger partial charge in [-0.3, -0.25) is 0 Å². The molecular weight excluding hydrogens is 200 g/mol. The van der Waals surface area contributed by atoms with Crippen molar-refractivity contribution in [2.45, 2.75) is 13.5 Å². The van der Waals surface area contributed by atoms with E-state index in [2.05, 4.69) is 33.5 Å². The van der Waals surface area contributed by atoms with Crippen LogP contribution < -0.4 is 5.32 Å². The van der Waals surface area contributed by atoms with Crippen LogP contribution in [0.15, 0.2) is 30.5 Å². The van der Waals surface area contributed by atoms with E-state index in [0.29, 0.717) is 12.4 Å². The van der Waals surface area contributed by atoms with Gasteiger partial charge in [0.25, 0.3) is 0 Å². The summed E-state index contributed by atoms with van der Waals surface area (Å²) in [5.74, 6) is 0.711. The summed E-state index contributed by atoms with van der Waals surface area (Å²) in [6.45, 7) is 2.70. The van der Waals surface area contributed by atoms with E-state index in [4.69, 9.17) is 0 Å². The Labute approximate surface area is 94.8 Å². The SMILES string of the molecule is CNCc1nncc(-c2ccccc2C)n1. The second kappa shape index (κ2) is 4.81. The molecule has 0 saturated carbocycles. The van der Waals surface area contributed by atoms with E-state index in [1.807, 2.05) is 25.2 Å². The van der Waals surface area contributed by atoms with E-state index < -0.39 is 0 Å². The fraction of sp³-hybridized carbons (Fsp3) is 0.250. The molecular formula is C12H14N4. The molecule has 4 heteroatoms. The fourth-order valence-electron chi connectivity index (χ4n) is 1.56. The lowest BCUT2D eigenvalue weighted by Gasteiger charge is -2.05. The highest BCUT2D eigenvalue weighted by molar-refractivity contribution is 5.62. The Morgan fingerprint density at radius 2 is 2.06 bits per heavy atom. The number of aryl methyl sites for hydroxylation is 1. The standard InChI is InChI=1S/C12H14N4/c1-9-5-3-4-6-10(9)11-7-14-16-12(15-11)8-13-2/h3-7,13H,8H2,1-2H3. The van der Waals surface area contributed by atoms with E-state index in [1.165, 1.54) is 5.56 Å². The van der Waals surface area contributed by atoms with Crippen LogP contribution in [0.1, 0.15) is 11.4 Å². The van der Waals surface area contributed by atoms with Crippen LogP contribution in [0.5, 0.6) is 0 Å². The van der Waals surface area contributed by atoms with Crippen molar-refractivity contribution in [2.75, 3.05) is 7.05 Å². The van der Waals surface area contributed by atoms with E-state index in [1.54, 1.807) is 6.20 Å². The van der Waals surface area contributed by atoms with Crippen molar-refractivity contribution in [3.63, 3.8) is 0 Å². The van der Waals surface area contributed by atoms with Gasteiger partial charge in [0.05, 0.1) is 18.4 Å². The Bertz CT molecular complexity index is 482. The zero-order chi connectivity index (χ0) is 11.4. The minimum absolute atomic E-state index is 0.632. The largest absolute Gasteiger partial charge is 0.313 e. The molecule has 0 radical (unpaired) electrons. The molecule has 2 aromatic rings. The molecule has 16 heavy (non-hydrogen) atoms. The first-order valence-electron chi connectivity index (χ1n) is 5.20. The Morgan fingerprint density at radius 1 is 1.25 bits per heavy atom. The van der Waals surface area contributed by atoms with Gasteiger partial charge in [-0.15, -0.1) is 5.10 Å². The normalized spacial score (nSPS) is 10.4. The van der Waals surface area contributed by atoms with Gasteiger partial charge in [-0.25, -0.2) is 4.98 Å². The molecule has 0 amide bonds. The minimum Gasteiger partial charge on any atom is -0.313 e. The molecule has 1 heterocycles. The first-order valence-corrected chi connectivity index (χ1v) is 5.20. The number of hydrogen-bond donors (Lipinski definition) is 1. The molecule has 2 rings (SSSR count). The molecule has 1 N–H and O–H groups in total. The predicted octanol–water partition coefficient (Wildman–Crippen LogP) is 1.57. The molecule has 0 saturated heterocycles. The summed E-state index contributed by atoms with van der Waals surface area (Å²) in [5.41, 5.74) is 3.17. The molecule has 0 spiro atoms. The van der Waals surface area contributed by atoms with Crippen LogP contribution in [-0.4, -0.2) is 22.2 Å².